The van der Waals surface area contributed by atoms with E-state index in [2.05, 4.69) is 16.1 Å². The van der Waals surface area contributed by atoms with Crippen molar-refractivity contribution < 1.29 is 33.8 Å². The Labute approximate surface area is 126 Å². The molecule has 0 heterocycles. The third-order valence-corrected chi connectivity index (χ3v) is 2.44. The van der Waals surface area contributed by atoms with Crippen molar-refractivity contribution in [3.63, 3.8) is 0 Å². The Balaban J connectivity index is 3.01. The summed E-state index contributed by atoms with van der Waals surface area (Å²) in [7, 11) is 0. The normalized spacial score (nSPS) is 11.2. The zero-order chi connectivity index (χ0) is 16.9. The highest BCUT2D eigenvalue weighted by molar-refractivity contribution is 6.09. The molecule has 0 radical (unpaired) electrons. The lowest BCUT2D eigenvalue weighted by atomic mass is 10.1. The summed E-state index contributed by atoms with van der Waals surface area (Å²) < 4.78 is 8.92. The van der Waals surface area contributed by atoms with E-state index in [1.165, 1.54) is 31.2 Å². The first-order valence-corrected chi connectivity index (χ1v) is 6.19. The SMILES string of the molecule is C=C(C)C(=O)OC(=O)c1ccccc1C(=O)OC(=O)C(C)O. The minimum atomic E-state index is -1.49. The molecular weight excluding hydrogens is 292 g/mol. The van der Waals surface area contributed by atoms with Gasteiger partial charge in [-0.25, -0.2) is 19.2 Å². The van der Waals surface area contributed by atoms with Crippen LogP contribution in [0.3, 0.4) is 0 Å². The second-order valence-corrected chi connectivity index (χ2v) is 4.39. The Hall–Kier alpha value is -2.80. The Bertz CT molecular complexity index is 643. The van der Waals surface area contributed by atoms with Gasteiger partial charge in [0.05, 0.1) is 11.1 Å². The number of hydrogen-bond acceptors (Lipinski definition) is 7. The van der Waals surface area contributed by atoms with Crippen LogP contribution in [0.4, 0.5) is 0 Å². The van der Waals surface area contributed by atoms with E-state index in [-0.39, 0.29) is 16.7 Å². The number of aliphatic hydroxyl groups is 1. The van der Waals surface area contributed by atoms with Gasteiger partial charge in [0.25, 0.3) is 0 Å². The van der Waals surface area contributed by atoms with Crippen LogP contribution in [-0.4, -0.2) is 35.1 Å². The number of carbonyl (C=O) groups excluding carboxylic acids is 4. The van der Waals surface area contributed by atoms with Gasteiger partial charge in [-0.2, -0.15) is 0 Å². The third kappa shape index (κ3) is 4.35. The van der Waals surface area contributed by atoms with Crippen molar-refractivity contribution in [3.8, 4) is 0 Å². The molecule has 116 valence electrons. The van der Waals surface area contributed by atoms with Crippen LogP contribution in [-0.2, 0) is 19.1 Å². The molecule has 0 spiro atoms. The predicted octanol–water partition coefficient (Wildman–Crippen LogP) is 1.01. The second kappa shape index (κ2) is 7.28. The number of benzene rings is 1. The fourth-order valence-electron chi connectivity index (χ4n) is 1.30. The molecule has 0 fully saturated rings. The van der Waals surface area contributed by atoms with Crippen molar-refractivity contribution in [3.05, 3.63) is 47.5 Å². The summed E-state index contributed by atoms with van der Waals surface area (Å²) in [6.07, 6.45) is -1.49. The molecule has 7 nitrogen and oxygen atoms in total. The van der Waals surface area contributed by atoms with Crippen molar-refractivity contribution in [1.29, 1.82) is 0 Å². The monoisotopic (exact) mass is 306 g/mol. The van der Waals surface area contributed by atoms with Crippen molar-refractivity contribution in [2.75, 3.05) is 0 Å². The number of aliphatic hydroxyl groups excluding tert-OH is 1. The summed E-state index contributed by atoms with van der Waals surface area (Å²) in [6.45, 7) is 5.81. The maximum atomic E-state index is 11.9. The number of ether oxygens (including phenoxy) is 2. The molecule has 1 aromatic carbocycles. The smallest absolute Gasteiger partial charge is 0.346 e. The molecule has 22 heavy (non-hydrogen) atoms. The van der Waals surface area contributed by atoms with E-state index in [1.54, 1.807) is 0 Å². The van der Waals surface area contributed by atoms with Crippen molar-refractivity contribution in [2.45, 2.75) is 20.0 Å². The molecule has 7 heteroatoms. The average Bonchev–Trinajstić information content (AvgIpc) is 2.46. The Morgan fingerprint density at radius 2 is 1.50 bits per heavy atom. The van der Waals surface area contributed by atoms with Gasteiger partial charge in [-0.15, -0.1) is 0 Å². The van der Waals surface area contributed by atoms with Crippen LogP contribution in [0, 0.1) is 0 Å². The molecule has 0 aliphatic carbocycles. The van der Waals surface area contributed by atoms with E-state index in [1.807, 2.05) is 0 Å². The van der Waals surface area contributed by atoms with Crippen LogP contribution in [0.15, 0.2) is 36.4 Å². The predicted molar refractivity (Wildman–Crippen MR) is 73.8 cm³/mol. The highest BCUT2D eigenvalue weighted by Gasteiger charge is 2.24. The van der Waals surface area contributed by atoms with E-state index in [0.29, 0.717) is 0 Å². The standard InChI is InChI=1S/C15H14O7/c1-8(2)12(17)21-14(19)10-6-4-5-7-11(10)15(20)22-13(18)9(3)16/h4-7,9,16H,1H2,2-3H3. The second-order valence-electron chi connectivity index (χ2n) is 4.39. The van der Waals surface area contributed by atoms with Crippen molar-refractivity contribution in [1.82, 2.24) is 0 Å². The largest absolute Gasteiger partial charge is 0.387 e. The summed E-state index contributed by atoms with van der Waals surface area (Å²) in [6, 6.07) is 5.33. The minimum absolute atomic E-state index is 0.0118. The molecule has 0 aliphatic heterocycles. The molecule has 0 aliphatic rings. The topological polar surface area (TPSA) is 107 Å². The summed E-state index contributed by atoms with van der Waals surface area (Å²) >= 11 is 0. The number of hydrogen-bond donors (Lipinski definition) is 1. The molecule has 1 atom stereocenters. The molecule has 0 bridgehead atoms. The third-order valence-electron chi connectivity index (χ3n) is 2.44. The van der Waals surface area contributed by atoms with Gasteiger partial charge in [0, 0.05) is 5.57 Å². The van der Waals surface area contributed by atoms with Crippen molar-refractivity contribution >= 4 is 23.9 Å². The molecule has 1 rings (SSSR count). The van der Waals surface area contributed by atoms with Gasteiger partial charge in [-0.05, 0) is 26.0 Å². The van der Waals surface area contributed by atoms with Gasteiger partial charge < -0.3 is 14.6 Å². The quantitative estimate of drug-likeness (QED) is 0.502. The van der Waals surface area contributed by atoms with E-state index in [9.17, 15) is 19.2 Å². The van der Waals surface area contributed by atoms with E-state index < -0.39 is 30.0 Å². The lowest BCUT2D eigenvalue weighted by Crippen LogP contribution is -2.24. The molecule has 1 N–H and O–H groups in total. The van der Waals surface area contributed by atoms with Gasteiger partial charge in [0.1, 0.15) is 6.10 Å². The first-order valence-electron chi connectivity index (χ1n) is 6.19. The fourth-order valence-corrected chi connectivity index (χ4v) is 1.30. The first-order chi connectivity index (χ1) is 10.2. The van der Waals surface area contributed by atoms with Crippen LogP contribution < -0.4 is 0 Å². The highest BCUT2D eigenvalue weighted by atomic mass is 16.6. The van der Waals surface area contributed by atoms with E-state index >= 15 is 0 Å². The Morgan fingerprint density at radius 1 is 1.05 bits per heavy atom. The molecule has 0 saturated carbocycles. The van der Waals surface area contributed by atoms with Gasteiger partial charge in [0.15, 0.2) is 0 Å². The van der Waals surface area contributed by atoms with Gasteiger partial charge in [-0.1, -0.05) is 18.7 Å². The van der Waals surface area contributed by atoms with E-state index in [0.717, 1.165) is 6.92 Å². The fraction of sp³-hybridized carbons (Fsp3) is 0.200. The maximum absolute atomic E-state index is 11.9. The van der Waals surface area contributed by atoms with Crippen LogP contribution in [0.1, 0.15) is 34.6 Å². The highest BCUT2D eigenvalue weighted by Crippen LogP contribution is 2.13. The molecule has 0 saturated heterocycles. The number of rotatable bonds is 4. The summed E-state index contributed by atoms with van der Waals surface area (Å²) in [5.74, 6) is -4.31. The lowest BCUT2D eigenvalue weighted by Gasteiger charge is -2.08. The van der Waals surface area contributed by atoms with E-state index in [4.69, 9.17) is 5.11 Å². The average molecular weight is 306 g/mol. The van der Waals surface area contributed by atoms with Gasteiger partial charge in [-0.3, -0.25) is 0 Å². The zero-order valence-electron chi connectivity index (χ0n) is 12.0. The van der Waals surface area contributed by atoms with Gasteiger partial charge in [0.2, 0.25) is 0 Å². The molecule has 0 aromatic heterocycles. The number of esters is 4. The molecule has 1 aromatic rings. The van der Waals surface area contributed by atoms with Crippen LogP contribution >= 0.6 is 0 Å². The van der Waals surface area contributed by atoms with Crippen molar-refractivity contribution in [2.24, 2.45) is 0 Å². The van der Waals surface area contributed by atoms with Crippen LogP contribution in [0.25, 0.3) is 0 Å². The molecular formula is C15H14O7. The summed E-state index contributed by atoms with van der Waals surface area (Å²) in [5, 5.41) is 9.00. The van der Waals surface area contributed by atoms with Gasteiger partial charge >= 0.3 is 23.9 Å². The maximum Gasteiger partial charge on any atom is 0.346 e. The molecule has 1 unspecified atom stereocenters. The zero-order valence-corrected chi connectivity index (χ0v) is 12.0. The summed E-state index contributed by atoms with van der Waals surface area (Å²) in [4.78, 5) is 46.2. The first kappa shape index (κ1) is 17.3. The minimum Gasteiger partial charge on any atom is -0.387 e. The van der Waals surface area contributed by atoms with Crippen LogP contribution in [0.2, 0.25) is 0 Å². The Morgan fingerprint density at radius 3 is 1.91 bits per heavy atom. The lowest BCUT2D eigenvalue weighted by molar-refractivity contribution is -0.146. The molecule has 0 amide bonds. The Kier molecular flexibility index (Phi) is 5.71. The summed E-state index contributed by atoms with van der Waals surface area (Å²) in [5.41, 5.74) is -0.505. The number of carbonyl (C=O) groups is 4. The van der Waals surface area contributed by atoms with Crippen LogP contribution in [0.5, 0.6) is 0 Å².